The first-order valence-corrected chi connectivity index (χ1v) is 7.55. The lowest BCUT2D eigenvalue weighted by atomic mass is 9.65. The second kappa shape index (κ2) is 6.27. The van der Waals surface area contributed by atoms with Gasteiger partial charge in [0.05, 0.1) is 0 Å². The van der Waals surface area contributed by atoms with Gasteiger partial charge in [-0.05, 0) is 55.3 Å². The Morgan fingerprint density at radius 3 is 2.61 bits per heavy atom. The molecular weight excluding hydrogens is 265 g/mol. The zero-order chi connectivity index (χ0) is 13.0. The molecule has 0 bridgehead atoms. The number of hydrogen-bond acceptors (Lipinski definition) is 1. The minimum atomic E-state index is 0.423. The fourth-order valence-corrected chi connectivity index (χ4v) is 3.17. The Labute approximate surface area is 120 Å². The predicted molar refractivity (Wildman–Crippen MR) is 79.6 cm³/mol. The molecule has 3 heteroatoms. The van der Waals surface area contributed by atoms with Gasteiger partial charge < -0.3 is 5.32 Å². The first-order chi connectivity index (χ1) is 8.65. The molecule has 0 heterocycles. The van der Waals surface area contributed by atoms with E-state index in [9.17, 15) is 0 Å². The molecule has 0 aromatic heterocycles. The molecule has 2 rings (SSSR count). The quantitative estimate of drug-likeness (QED) is 0.747. The number of benzene rings is 1. The Morgan fingerprint density at radius 1 is 1.28 bits per heavy atom. The maximum Gasteiger partial charge on any atom is 0.0453 e. The van der Waals surface area contributed by atoms with Crippen molar-refractivity contribution in [1.29, 1.82) is 0 Å². The fraction of sp³-hybridized carbons (Fsp3) is 0.600. The van der Waals surface area contributed by atoms with Gasteiger partial charge in [0.15, 0.2) is 0 Å². The van der Waals surface area contributed by atoms with Gasteiger partial charge in [0.25, 0.3) is 0 Å². The lowest BCUT2D eigenvalue weighted by molar-refractivity contribution is 0.130. The molecular formula is C15H21Cl2N. The van der Waals surface area contributed by atoms with E-state index in [0.717, 1.165) is 29.6 Å². The van der Waals surface area contributed by atoms with Gasteiger partial charge in [0.2, 0.25) is 0 Å². The highest BCUT2D eigenvalue weighted by atomic mass is 35.5. The smallest absolute Gasteiger partial charge is 0.0453 e. The van der Waals surface area contributed by atoms with Gasteiger partial charge in [-0.25, -0.2) is 0 Å². The summed E-state index contributed by atoms with van der Waals surface area (Å²) in [5.41, 5.74) is 1.66. The lowest BCUT2D eigenvalue weighted by Crippen LogP contribution is -2.42. The molecule has 0 spiro atoms. The zero-order valence-corrected chi connectivity index (χ0v) is 12.4. The molecule has 0 amide bonds. The Kier molecular flexibility index (Phi) is 4.94. The SMILES string of the molecule is CCCNCC1(Cc2ccc(Cl)cc2Cl)CCC1. The van der Waals surface area contributed by atoms with Crippen molar-refractivity contribution >= 4 is 23.2 Å². The van der Waals surface area contributed by atoms with Crippen LogP contribution in [-0.4, -0.2) is 13.1 Å². The van der Waals surface area contributed by atoms with Crippen LogP contribution in [0, 0.1) is 5.41 Å². The van der Waals surface area contributed by atoms with Gasteiger partial charge in [0, 0.05) is 16.6 Å². The van der Waals surface area contributed by atoms with Gasteiger partial charge >= 0.3 is 0 Å². The summed E-state index contributed by atoms with van der Waals surface area (Å²) in [5.74, 6) is 0. The Bertz CT molecular complexity index is 399. The molecule has 0 aliphatic heterocycles. The van der Waals surface area contributed by atoms with Crippen molar-refractivity contribution in [3.63, 3.8) is 0 Å². The van der Waals surface area contributed by atoms with Crippen molar-refractivity contribution in [2.24, 2.45) is 5.41 Å². The van der Waals surface area contributed by atoms with Crippen molar-refractivity contribution in [2.45, 2.75) is 39.0 Å². The second-order valence-corrected chi connectivity index (χ2v) is 6.29. The average Bonchev–Trinajstić information content (AvgIpc) is 2.29. The highest BCUT2D eigenvalue weighted by Gasteiger charge is 2.36. The van der Waals surface area contributed by atoms with Gasteiger partial charge in [-0.1, -0.05) is 42.6 Å². The first-order valence-electron chi connectivity index (χ1n) is 6.80. The molecule has 18 heavy (non-hydrogen) atoms. The van der Waals surface area contributed by atoms with Crippen molar-refractivity contribution < 1.29 is 0 Å². The predicted octanol–water partition coefficient (Wildman–Crippen LogP) is 4.71. The van der Waals surface area contributed by atoms with E-state index in [2.05, 4.69) is 18.3 Å². The summed E-state index contributed by atoms with van der Waals surface area (Å²) in [6.45, 7) is 4.42. The fourth-order valence-electron chi connectivity index (χ4n) is 2.69. The molecule has 1 aromatic carbocycles. The number of hydrogen-bond donors (Lipinski definition) is 1. The van der Waals surface area contributed by atoms with Gasteiger partial charge in [-0.3, -0.25) is 0 Å². The van der Waals surface area contributed by atoms with Crippen LogP contribution in [0.15, 0.2) is 18.2 Å². The van der Waals surface area contributed by atoms with Gasteiger partial charge in [-0.15, -0.1) is 0 Å². The minimum absolute atomic E-state index is 0.423. The lowest BCUT2D eigenvalue weighted by Gasteiger charge is -2.42. The topological polar surface area (TPSA) is 12.0 Å². The molecule has 1 nitrogen and oxygen atoms in total. The number of halogens is 2. The van der Waals surface area contributed by atoms with Crippen LogP contribution in [0.5, 0.6) is 0 Å². The summed E-state index contributed by atoms with van der Waals surface area (Å²) in [4.78, 5) is 0. The van der Waals surface area contributed by atoms with Crippen LogP contribution in [0.1, 0.15) is 38.2 Å². The second-order valence-electron chi connectivity index (χ2n) is 5.44. The zero-order valence-electron chi connectivity index (χ0n) is 10.9. The highest BCUT2D eigenvalue weighted by molar-refractivity contribution is 6.35. The summed E-state index contributed by atoms with van der Waals surface area (Å²) in [6.07, 6.45) is 6.22. The molecule has 1 fully saturated rings. The monoisotopic (exact) mass is 285 g/mol. The van der Waals surface area contributed by atoms with E-state index in [1.807, 2.05) is 12.1 Å². The summed E-state index contributed by atoms with van der Waals surface area (Å²) in [5, 5.41) is 5.09. The van der Waals surface area contributed by atoms with Crippen LogP contribution in [-0.2, 0) is 6.42 Å². The minimum Gasteiger partial charge on any atom is -0.316 e. The van der Waals surface area contributed by atoms with Crippen LogP contribution in [0.25, 0.3) is 0 Å². The van der Waals surface area contributed by atoms with E-state index < -0.39 is 0 Å². The molecule has 0 unspecified atom stereocenters. The summed E-state index contributed by atoms with van der Waals surface area (Å²) < 4.78 is 0. The van der Waals surface area contributed by atoms with Gasteiger partial charge in [-0.2, -0.15) is 0 Å². The highest BCUT2D eigenvalue weighted by Crippen LogP contribution is 2.44. The molecule has 1 aliphatic rings. The van der Waals surface area contributed by atoms with Crippen LogP contribution in [0.2, 0.25) is 10.0 Å². The van der Waals surface area contributed by atoms with Gasteiger partial charge in [0.1, 0.15) is 0 Å². The van der Waals surface area contributed by atoms with E-state index in [-0.39, 0.29) is 0 Å². The van der Waals surface area contributed by atoms with Crippen LogP contribution in [0.3, 0.4) is 0 Å². The van der Waals surface area contributed by atoms with Crippen molar-refractivity contribution in [1.82, 2.24) is 5.32 Å². The maximum atomic E-state index is 6.27. The first kappa shape index (κ1) is 14.2. The van der Waals surface area contributed by atoms with Crippen LogP contribution < -0.4 is 5.32 Å². The largest absolute Gasteiger partial charge is 0.316 e. The van der Waals surface area contributed by atoms with Crippen molar-refractivity contribution in [3.8, 4) is 0 Å². The molecule has 100 valence electrons. The van der Waals surface area contributed by atoms with Crippen LogP contribution in [0.4, 0.5) is 0 Å². The third-order valence-corrected chi connectivity index (χ3v) is 4.51. The van der Waals surface area contributed by atoms with Crippen molar-refractivity contribution in [2.75, 3.05) is 13.1 Å². The molecule has 1 aliphatic carbocycles. The normalized spacial score (nSPS) is 17.5. The summed E-state index contributed by atoms with van der Waals surface area (Å²) in [6, 6.07) is 5.86. The van der Waals surface area contributed by atoms with E-state index in [1.165, 1.54) is 31.2 Å². The molecule has 0 radical (unpaired) electrons. The van der Waals surface area contributed by atoms with E-state index >= 15 is 0 Å². The Hall–Kier alpha value is -0.240. The van der Waals surface area contributed by atoms with E-state index in [4.69, 9.17) is 23.2 Å². The molecule has 1 saturated carbocycles. The Balaban J connectivity index is 2.01. The maximum absolute atomic E-state index is 6.27. The number of rotatable bonds is 6. The standard InChI is InChI=1S/C15H21Cl2N/c1-2-8-18-11-15(6-3-7-15)10-12-4-5-13(16)9-14(12)17/h4-5,9,18H,2-3,6-8,10-11H2,1H3. The van der Waals surface area contributed by atoms with Crippen LogP contribution >= 0.6 is 23.2 Å². The van der Waals surface area contributed by atoms with E-state index in [1.54, 1.807) is 0 Å². The molecule has 1 aromatic rings. The Morgan fingerprint density at radius 2 is 2.06 bits per heavy atom. The molecule has 0 saturated heterocycles. The molecule has 0 atom stereocenters. The summed E-state index contributed by atoms with van der Waals surface area (Å²) >= 11 is 12.2. The van der Waals surface area contributed by atoms with E-state index in [0.29, 0.717) is 5.41 Å². The summed E-state index contributed by atoms with van der Waals surface area (Å²) in [7, 11) is 0. The average molecular weight is 286 g/mol. The van der Waals surface area contributed by atoms with Crippen molar-refractivity contribution in [3.05, 3.63) is 33.8 Å². The molecule has 1 N–H and O–H groups in total. The number of nitrogens with one attached hydrogen (secondary N) is 1. The third-order valence-electron chi connectivity index (χ3n) is 3.92. The third kappa shape index (κ3) is 3.40.